The Labute approximate surface area is 117 Å². The average Bonchev–Trinajstić information content (AvgIpc) is 2.45. The molecule has 4 heteroatoms. The number of nitro groups is 1. The summed E-state index contributed by atoms with van der Waals surface area (Å²) in [6, 6.07) is 16.9. The van der Waals surface area contributed by atoms with Gasteiger partial charge in [0, 0.05) is 17.7 Å². The van der Waals surface area contributed by atoms with Crippen LogP contribution in [-0.2, 0) is 5.54 Å². The van der Waals surface area contributed by atoms with Gasteiger partial charge in [-0.2, -0.15) is 0 Å². The summed E-state index contributed by atoms with van der Waals surface area (Å²) in [7, 11) is 0. The number of nitrogens with two attached hydrogens (primary N) is 1. The highest BCUT2D eigenvalue weighted by atomic mass is 16.6. The maximum atomic E-state index is 10.7. The zero-order chi connectivity index (χ0) is 14.2. The van der Waals surface area contributed by atoms with Crippen molar-refractivity contribution in [3.05, 3.63) is 75.8 Å². The molecule has 102 valence electrons. The number of hydrogen-bond donors (Lipinski definition) is 1. The molecule has 1 saturated carbocycles. The Kier molecular flexibility index (Phi) is 3.03. The van der Waals surface area contributed by atoms with Crippen LogP contribution in [0.15, 0.2) is 54.6 Å². The minimum atomic E-state index is -0.388. The number of hydrogen-bond acceptors (Lipinski definition) is 3. The van der Waals surface area contributed by atoms with Crippen molar-refractivity contribution in [2.75, 3.05) is 0 Å². The summed E-state index contributed by atoms with van der Waals surface area (Å²) in [4.78, 5) is 10.3. The van der Waals surface area contributed by atoms with Gasteiger partial charge in [0.15, 0.2) is 0 Å². The predicted molar refractivity (Wildman–Crippen MR) is 77.4 cm³/mol. The fourth-order valence-electron chi connectivity index (χ4n) is 2.93. The Morgan fingerprint density at radius 1 is 1.05 bits per heavy atom. The molecule has 20 heavy (non-hydrogen) atoms. The fourth-order valence-corrected chi connectivity index (χ4v) is 2.93. The number of nitro benzene ring substituents is 1. The van der Waals surface area contributed by atoms with Crippen molar-refractivity contribution in [3.8, 4) is 0 Å². The van der Waals surface area contributed by atoms with Gasteiger partial charge in [-0.15, -0.1) is 0 Å². The van der Waals surface area contributed by atoms with Crippen molar-refractivity contribution >= 4 is 5.69 Å². The lowest BCUT2D eigenvalue weighted by Gasteiger charge is -2.45. The van der Waals surface area contributed by atoms with Gasteiger partial charge in [-0.25, -0.2) is 0 Å². The highest BCUT2D eigenvalue weighted by molar-refractivity contribution is 5.39. The van der Waals surface area contributed by atoms with Crippen LogP contribution < -0.4 is 5.73 Å². The van der Waals surface area contributed by atoms with E-state index in [1.807, 2.05) is 18.2 Å². The van der Waals surface area contributed by atoms with Crippen molar-refractivity contribution in [1.82, 2.24) is 0 Å². The molecule has 0 aromatic heterocycles. The smallest absolute Gasteiger partial charge is 0.269 e. The van der Waals surface area contributed by atoms with Gasteiger partial charge < -0.3 is 5.73 Å². The molecule has 4 nitrogen and oxygen atoms in total. The van der Waals surface area contributed by atoms with E-state index < -0.39 is 0 Å². The summed E-state index contributed by atoms with van der Waals surface area (Å²) < 4.78 is 0. The van der Waals surface area contributed by atoms with Crippen molar-refractivity contribution in [2.24, 2.45) is 5.73 Å². The molecular formula is C16H16N2O2. The molecule has 2 N–H and O–H groups in total. The molecule has 1 aliphatic carbocycles. The third-order valence-electron chi connectivity index (χ3n) is 4.15. The second-order valence-corrected chi connectivity index (χ2v) is 5.48. The summed E-state index contributed by atoms with van der Waals surface area (Å²) in [6.45, 7) is 0. The maximum absolute atomic E-state index is 10.7. The van der Waals surface area contributed by atoms with Crippen LogP contribution in [0, 0.1) is 10.1 Å². The molecule has 0 atom stereocenters. The summed E-state index contributed by atoms with van der Waals surface area (Å²) in [5.41, 5.74) is 8.46. The first-order chi connectivity index (χ1) is 9.58. The third-order valence-corrected chi connectivity index (χ3v) is 4.15. The quantitative estimate of drug-likeness (QED) is 0.685. The molecule has 1 aliphatic rings. The largest absolute Gasteiger partial charge is 0.321 e. The Bertz CT molecular complexity index is 617. The number of rotatable bonds is 3. The monoisotopic (exact) mass is 268 g/mol. The van der Waals surface area contributed by atoms with E-state index in [-0.39, 0.29) is 16.1 Å². The van der Waals surface area contributed by atoms with Crippen LogP contribution in [0.1, 0.15) is 29.9 Å². The molecule has 0 heterocycles. The van der Waals surface area contributed by atoms with Gasteiger partial charge in [0.1, 0.15) is 0 Å². The lowest BCUT2D eigenvalue weighted by Crippen LogP contribution is -2.47. The Balaban J connectivity index is 1.74. The summed E-state index contributed by atoms with van der Waals surface area (Å²) in [6.07, 6.45) is 1.77. The molecule has 0 saturated heterocycles. The molecule has 0 amide bonds. The van der Waals surface area contributed by atoms with Gasteiger partial charge in [-0.1, -0.05) is 42.5 Å². The molecule has 0 aliphatic heterocycles. The molecule has 0 spiro atoms. The maximum Gasteiger partial charge on any atom is 0.269 e. The lowest BCUT2D eigenvalue weighted by atomic mass is 9.63. The van der Waals surface area contributed by atoms with Crippen molar-refractivity contribution in [3.63, 3.8) is 0 Å². The van der Waals surface area contributed by atoms with Crippen LogP contribution in [0.5, 0.6) is 0 Å². The summed E-state index contributed by atoms with van der Waals surface area (Å²) in [5.74, 6) is 0.483. The Morgan fingerprint density at radius 3 is 2.20 bits per heavy atom. The van der Waals surface area contributed by atoms with Gasteiger partial charge >= 0.3 is 0 Å². The van der Waals surface area contributed by atoms with Gasteiger partial charge in [0.2, 0.25) is 0 Å². The first-order valence-corrected chi connectivity index (χ1v) is 6.67. The van der Waals surface area contributed by atoms with E-state index in [1.54, 1.807) is 12.1 Å². The van der Waals surface area contributed by atoms with Crippen molar-refractivity contribution in [2.45, 2.75) is 24.3 Å². The number of non-ortho nitro benzene ring substituents is 1. The van der Waals surface area contributed by atoms with E-state index in [0.717, 1.165) is 18.4 Å². The van der Waals surface area contributed by atoms with E-state index in [1.165, 1.54) is 17.7 Å². The molecule has 2 aromatic carbocycles. The number of nitrogens with zero attached hydrogens (tertiary/aromatic N) is 1. The highest BCUT2D eigenvalue weighted by Crippen LogP contribution is 2.49. The molecule has 0 radical (unpaired) electrons. The van der Waals surface area contributed by atoms with E-state index >= 15 is 0 Å². The Morgan fingerprint density at radius 2 is 1.65 bits per heavy atom. The van der Waals surface area contributed by atoms with E-state index in [2.05, 4.69) is 12.1 Å². The first kappa shape index (κ1) is 12.8. The Hall–Kier alpha value is -2.20. The van der Waals surface area contributed by atoms with Crippen LogP contribution in [0.3, 0.4) is 0 Å². The van der Waals surface area contributed by atoms with Crippen LogP contribution in [0.4, 0.5) is 5.69 Å². The van der Waals surface area contributed by atoms with Gasteiger partial charge in [-0.05, 0) is 29.9 Å². The molecule has 3 rings (SSSR count). The van der Waals surface area contributed by atoms with Crippen molar-refractivity contribution < 1.29 is 4.92 Å². The zero-order valence-electron chi connectivity index (χ0n) is 11.0. The van der Waals surface area contributed by atoms with Crippen LogP contribution in [0.25, 0.3) is 0 Å². The minimum absolute atomic E-state index is 0.108. The van der Waals surface area contributed by atoms with Crippen LogP contribution >= 0.6 is 0 Å². The van der Waals surface area contributed by atoms with E-state index in [4.69, 9.17) is 5.73 Å². The average molecular weight is 268 g/mol. The highest BCUT2D eigenvalue weighted by Gasteiger charge is 2.42. The molecular weight excluding hydrogens is 252 g/mol. The molecule has 0 bridgehead atoms. The lowest BCUT2D eigenvalue weighted by molar-refractivity contribution is -0.384. The summed E-state index contributed by atoms with van der Waals surface area (Å²) in [5, 5.41) is 10.7. The fraction of sp³-hybridized carbons (Fsp3) is 0.250. The molecule has 2 aromatic rings. The topological polar surface area (TPSA) is 69.2 Å². The summed E-state index contributed by atoms with van der Waals surface area (Å²) >= 11 is 0. The molecule has 0 unspecified atom stereocenters. The van der Waals surface area contributed by atoms with Crippen molar-refractivity contribution in [1.29, 1.82) is 0 Å². The second kappa shape index (κ2) is 4.72. The van der Waals surface area contributed by atoms with Gasteiger partial charge in [0.05, 0.1) is 4.92 Å². The molecule has 1 fully saturated rings. The van der Waals surface area contributed by atoms with E-state index in [0.29, 0.717) is 5.92 Å². The third kappa shape index (κ3) is 2.18. The van der Waals surface area contributed by atoms with Crippen LogP contribution in [0.2, 0.25) is 0 Å². The first-order valence-electron chi connectivity index (χ1n) is 6.67. The normalized spacial score (nSPS) is 24.9. The van der Waals surface area contributed by atoms with Crippen LogP contribution in [-0.4, -0.2) is 4.92 Å². The predicted octanol–water partition coefficient (Wildman–Crippen LogP) is 3.33. The SMILES string of the molecule is NC1(c2ccc([N+](=O)[O-])cc2)CC(c2ccccc2)C1. The number of benzene rings is 2. The second-order valence-electron chi connectivity index (χ2n) is 5.48. The zero-order valence-corrected chi connectivity index (χ0v) is 11.0. The van der Waals surface area contributed by atoms with E-state index in [9.17, 15) is 10.1 Å². The van der Waals surface area contributed by atoms with Gasteiger partial charge in [0.25, 0.3) is 5.69 Å². The van der Waals surface area contributed by atoms with Gasteiger partial charge in [-0.3, -0.25) is 10.1 Å². The standard InChI is InChI=1S/C16H16N2O2/c17-16(14-6-8-15(9-7-14)18(19)20)10-13(11-16)12-4-2-1-3-5-12/h1-9,13H,10-11,17H2. The minimum Gasteiger partial charge on any atom is -0.321 e.